The summed E-state index contributed by atoms with van der Waals surface area (Å²) in [5.41, 5.74) is 3.33. The van der Waals surface area contributed by atoms with Gasteiger partial charge in [-0.3, -0.25) is 9.48 Å². The summed E-state index contributed by atoms with van der Waals surface area (Å²) in [5, 5.41) is 20.0. The topological polar surface area (TPSA) is 110 Å². The van der Waals surface area contributed by atoms with Gasteiger partial charge in [0.1, 0.15) is 6.54 Å². The quantitative estimate of drug-likeness (QED) is 0.691. The molecule has 0 aliphatic rings. The monoisotopic (exact) mass is 368 g/mol. The van der Waals surface area contributed by atoms with E-state index in [1.165, 1.54) is 6.07 Å². The number of carbonyl (C=O) groups excluding carboxylic acids is 1. The Hall–Kier alpha value is -3.42. The van der Waals surface area contributed by atoms with Gasteiger partial charge in [0.2, 0.25) is 0 Å². The number of hydrogen-bond acceptors (Lipinski definition) is 5. The molecular weight excluding hydrogens is 348 g/mol. The zero-order chi connectivity index (χ0) is 19.6. The minimum absolute atomic E-state index is 0.0189. The van der Waals surface area contributed by atoms with Gasteiger partial charge in [-0.1, -0.05) is 23.4 Å². The molecule has 140 valence electrons. The van der Waals surface area contributed by atoms with Crippen LogP contribution < -0.4 is 5.32 Å². The van der Waals surface area contributed by atoms with Gasteiger partial charge < -0.3 is 14.9 Å². The van der Waals surface area contributed by atoms with Crippen molar-refractivity contribution in [2.75, 3.05) is 0 Å². The maximum Gasteiger partial charge on any atom is 0.330 e. The first kappa shape index (κ1) is 18.4. The van der Waals surface area contributed by atoms with Crippen molar-refractivity contribution in [1.82, 2.24) is 20.3 Å². The Morgan fingerprint density at radius 3 is 2.74 bits per heavy atom. The van der Waals surface area contributed by atoms with Crippen LogP contribution in [0.3, 0.4) is 0 Å². The standard InChI is InChI=1S/C19H20N4O4/c1-11-8-20-23(9-11)10-14-7-16(22-27-14)18(24)21-17(19(25)26)15-6-4-5-12(2)13(15)3/h4-9,17H,10H2,1-3H3,(H,21,24)(H,25,26). The molecule has 0 spiro atoms. The normalized spacial score (nSPS) is 12.0. The molecule has 0 fully saturated rings. The summed E-state index contributed by atoms with van der Waals surface area (Å²) in [6.45, 7) is 5.96. The van der Waals surface area contributed by atoms with E-state index in [4.69, 9.17) is 4.52 Å². The van der Waals surface area contributed by atoms with Crippen molar-refractivity contribution < 1.29 is 19.2 Å². The highest BCUT2D eigenvalue weighted by Gasteiger charge is 2.26. The van der Waals surface area contributed by atoms with Crippen molar-refractivity contribution in [2.24, 2.45) is 0 Å². The van der Waals surface area contributed by atoms with Crippen LogP contribution in [0.5, 0.6) is 0 Å². The Kier molecular flexibility index (Phi) is 5.07. The van der Waals surface area contributed by atoms with Gasteiger partial charge in [0, 0.05) is 12.3 Å². The molecule has 0 saturated carbocycles. The Balaban J connectivity index is 1.76. The Bertz CT molecular complexity index is 989. The Morgan fingerprint density at radius 2 is 2.07 bits per heavy atom. The summed E-state index contributed by atoms with van der Waals surface area (Å²) in [5.74, 6) is -1.32. The first-order valence-corrected chi connectivity index (χ1v) is 8.39. The summed E-state index contributed by atoms with van der Waals surface area (Å²) in [6, 6.07) is 5.65. The second-order valence-corrected chi connectivity index (χ2v) is 6.43. The van der Waals surface area contributed by atoms with Crippen LogP contribution in [0.4, 0.5) is 0 Å². The Morgan fingerprint density at radius 1 is 1.30 bits per heavy atom. The van der Waals surface area contributed by atoms with Gasteiger partial charge in [0.15, 0.2) is 17.5 Å². The highest BCUT2D eigenvalue weighted by Crippen LogP contribution is 2.21. The van der Waals surface area contributed by atoms with Crippen LogP contribution in [0.25, 0.3) is 0 Å². The minimum Gasteiger partial charge on any atom is -0.479 e. The van der Waals surface area contributed by atoms with E-state index < -0.39 is 17.9 Å². The van der Waals surface area contributed by atoms with Gasteiger partial charge in [-0.2, -0.15) is 5.10 Å². The smallest absolute Gasteiger partial charge is 0.330 e. The number of aryl methyl sites for hydroxylation is 2. The number of benzene rings is 1. The molecule has 8 nitrogen and oxygen atoms in total. The van der Waals surface area contributed by atoms with E-state index in [0.717, 1.165) is 16.7 Å². The van der Waals surface area contributed by atoms with Crippen molar-refractivity contribution in [3.05, 3.63) is 70.4 Å². The van der Waals surface area contributed by atoms with Crippen LogP contribution in [0.1, 0.15) is 44.5 Å². The van der Waals surface area contributed by atoms with Crippen LogP contribution in [0, 0.1) is 20.8 Å². The lowest BCUT2D eigenvalue weighted by Crippen LogP contribution is -2.34. The highest BCUT2D eigenvalue weighted by molar-refractivity contribution is 5.95. The fourth-order valence-corrected chi connectivity index (χ4v) is 2.77. The number of nitrogens with one attached hydrogen (secondary N) is 1. The average molecular weight is 368 g/mol. The van der Waals surface area contributed by atoms with E-state index in [9.17, 15) is 14.7 Å². The Labute approximate surface area is 155 Å². The maximum absolute atomic E-state index is 12.5. The number of carboxylic acid groups (broad SMARTS) is 1. The van der Waals surface area contributed by atoms with Crippen molar-refractivity contribution in [1.29, 1.82) is 0 Å². The average Bonchev–Trinajstić information content (AvgIpc) is 3.24. The number of aliphatic carboxylic acids is 1. The fraction of sp³-hybridized carbons (Fsp3) is 0.263. The zero-order valence-electron chi connectivity index (χ0n) is 15.3. The maximum atomic E-state index is 12.5. The first-order valence-electron chi connectivity index (χ1n) is 8.39. The molecule has 2 heterocycles. The zero-order valence-corrected chi connectivity index (χ0v) is 15.3. The predicted octanol–water partition coefficient (Wildman–Crippen LogP) is 2.40. The van der Waals surface area contributed by atoms with E-state index in [0.29, 0.717) is 17.9 Å². The lowest BCUT2D eigenvalue weighted by atomic mass is 9.97. The molecule has 3 rings (SSSR count). The predicted molar refractivity (Wildman–Crippen MR) is 96.3 cm³/mol. The number of hydrogen-bond donors (Lipinski definition) is 2. The fourth-order valence-electron chi connectivity index (χ4n) is 2.77. The van der Waals surface area contributed by atoms with Crippen molar-refractivity contribution in [2.45, 2.75) is 33.4 Å². The molecule has 2 N–H and O–H groups in total. The number of amides is 1. The molecule has 3 aromatic rings. The lowest BCUT2D eigenvalue weighted by molar-refractivity contribution is -0.139. The molecule has 2 aromatic heterocycles. The third-order valence-electron chi connectivity index (χ3n) is 4.35. The summed E-state index contributed by atoms with van der Waals surface area (Å²) < 4.78 is 6.83. The van der Waals surface area contributed by atoms with Crippen LogP contribution in [0.2, 0.25) is 0 Å². The molecule has 0 aliphatic heterocycles. The molecule has 1 aromatic carbocycles. The van der Waals surface area contributed by atoms with E-state index in [1.54, 1.807) is 23.0 Å². The van der Waals surface area contributed by atoms with Crippen molar-refractivity contribution >= 4 is 11.9 Å². The molecule has 0 aliphatic carbocycles. The molecule has 1 unspecified atom stereocenters. The van der Waals surface area contributed by atoms with Gasteiger partial charge in [0.25, 0.3) is 5.91 Å². The number of carbonyl (C=O) groups is 2. The summed E-state index contributed by atoms with van der Waals surface area (Å²) >= 11 is 0. The largest absolute Gasteiger partial charge is 0.479 e. The molecule has 0 saturated heterocycles. The molecular formula is C19H20N4O4. The van der Waals surface area contributed by atoms with Gasteiger partial charge in [0.05, 0.1) is 6.20 Å². The number of aromatic nitrogens is 3. The third kappa shape index (κ3) is 4.05. The van der Waals surface area contributed by atoms with Gasteiger partial charge in [-0.15, -0.1) is 0 Å². The number of rotatable bonds is 6. The minimum atomic E-state index is -1.17. The SMILES string of the molecule is Cc1cnn(Cc2cc(C(=O)NC(C(=O)O)c3cccc(C)c3C)no2)c1. The van der Waals surface area contributed by atoms with Gasteiger partial charge in [-0.25, -0.2) is 4.79 Å². The van der Waals surface area contributed by atoms with Gasteiger partial charge >= 0.3 is 5.97 Å². The van der Waals surface area contributed by atoms with E-state index in [1.807, 2.05) is 33.0 Å². The molecule has 8 heteroatoms. The van der Waals surface area contributed by atoms with Crippen LogP contribution in [-0.2, 0) is 11.3 Å². The molecule has 0 bridgehead atoms. The summed E-state index contributed by atoms with van der Waals surface area (Å²) in [6.07, 6.45) is 3.55. The molecule has 1 atom stereocenters. The summed E-state index contributed by atoms with van der Waals surface area (Å²) in [4.78, 5) is 24.2. The lowest BCUT2D eigenvalue weighted by Gasteiger charge is -2.17. The first-order chi connectivity index (χ1) is 12.8. The molecule has 0 radical (unpaired) electrons. The number of nitrogens with zero attached hydrogens (tertiary/aromatic N) is 3. The second-order valence-electron chi connectivity index (χ2n) is 6.43. The van der Waals surface area contributed by atoms with E-state index >= 15 is 0 Å². The van der Waals surface area contributed by atoms with Crippen LogP contribution >= 0.6 is 0 Å². The second kappa shape index (κ2) is 7.45. The highest BCUT2D eigenvalue weighted by atomic mass is 16.5. The van der Waals surface area contributed by atoms with Gasteiger partial charge in [-0.05, 0) is 43.0 Å². The van der Waals surface area contributed by atoms with Crippen molar-refractivity contribution in [3.63, 3.8) is 0 Å². The molecule has 1 amide bonds. The molecule has 27 heavy (non-hydrogen) atoms. The van der Waals surface area contributed by atoms with E-state index in [-0.39, 0.29) is 5.69 Å². The summed E-state index contributed by atoms with van der Waals surface area (Å²) in [7, 11) is 0. The third-order valence-corrected chi connectivity index (χ3v) is 4.35. The van der Waals surface area contributed by atoms with E-state index in [2.05, 4.69) is 15.6 Å². The number of carboxylic acids is 1. The van der Waals surface area contributed by atoms with Crippen molar-refractivity contribution in [3.8, 4) is 0 Å². The van der Waals surface area contributed by atoms with Crippen LogP contribution in [-0.4, -0.2) is 31.9 Å². The van der Waals surface area contributed by atoms with Crippen LogP contribution in [0.15, 0.2) is 41.2 Å².